The van der Waals surface area contributed by atoms with Crippen molar-refractivity contribution < 1.29 is 29.0 Å². The van der Waals surface area contributed by atoms with E-state index < -0.39 is 29.6 Å². The predicted molar refractivity (Wildman–Crippen MR) is 133 cm³/mol. The van der Waals surface area contributed by atoms with Gasteiger partial charge in [0.2, 0.25) is 0 Å². The van der Waals surface area contributed by atoms with Crippen molar-refractivity contribution in [3.63, 3.8) is 0 Å². The summed E-state index contributed by atoms with van der Waals surface area (Å²) < 4.78 is 12.1. The summed E-state index contributed by atoms with van der Waals surface area (Å²) in [6.07, 6.45) is 12.6. The molecule has 0 bridgehead atoms. The molecule has 1 N–H and O–H groups in total. The van der Waals surface area contributed by atoms with E-state index in [0.29, 0.717) is 19.5 Å². The van der Waals surface area contributed by atoms with E-state index in [2.05, 4.69) is 20.8 Å². The number of carboxylic acids is 1. The molecule has 192 valence electrons. The SMILES string of the molecule is C/C=C/C=C/C=C/C(=O)O[C@H]1[C@@H](OC)C2=C(C(=O)N(CCCC(=O)O)C2)[C@@]2(C)CCCC(C)(C)[C@H]12. The van der Waals surface area contributed by atoms with Crippen molar-refractivity contribution in [3.05, 3.63) is 47.6 Å². The Labute approximate surface area is 208 Å². The van der Waals surface area contributed by atoms with Gasteiger partial charge in [-0.2, -0.15) is 0 Å². The van der Waals surface area contributed by atoms with Crippen LogP contribution in [-0.4, -0.2) is 60.3 Å². The van der Waals surface area contributed by atoms with Crippen molar-refractivity contribution in [2.75, 3.05) is 20.2 Å². The number of amides is 1. The minimum absolute atomic E-state index is 0.0180. The van der Waals surface area contributed by atoms with Gasteiger partial charge in [0.05, 0.1) is 0 Å². The van der Waals surface area contributed by atoms with E-state index in [0.717, 1.165) is 30.4 Å². The van der Waals surface area contributed by atoms with Gasteiger partial charge in [-0.15, -0.1) is 0 Å². The molecule has 0 unspecified atom stereocenters. The molecule has 1 fully saturated rings. The lowest BCUT2D eigenvalue weighted by Gasteiger charge is -2.57. The highest BCUT2D eigenvalue weighted by molar-refractivity contribution is 5.99. The van der Waals surface area contributed by atoms with Gasteiger partial charge in [0.1, 0.15) is 12.2 Å². The van der Waals surface area contributed by atoms with Crippen LogP contribution in [-0.2, 0) is 23.9 Å². The summed E-state index contributed by atoms with van der Waals surface area (Å²) in [5.74, 6) is -1.42. The number of nitrogens with zero attached hydrogens (tertiary/aromatic N) is 1. The Morgan fingerprint density at radius 2 is 1.86 bits per heavy atom. The van der Waals surface area contributed by atoms with Crippen LogP contribution in [0, 0.1) is 16.7 Å². The van der Waals surface area contributed by atoms with Gasteiger partial charge in [-0.05, 0) is 37.2 Å². The Bertz CT molecular complexity index is 958. The molecule has 0 spiro atoms. The molecule has 2 aliphatic carbocycles. The van der Waals surface area contributed by atoms with Crippen molar-refractivity contribution in [1.82, 2.24) is 4.90 Å². The van der Waals surface area contributed by atoms with Crippen LogP contribution >= 0.6 is 0 Å². The van der Waals surface area contributed by atoms with E-state index in [-0.39, 0.29) is 23.7 Å². The van der Waals surface area contributed by atoms with Crippen molar-refractivity contribution in [2.45, 2.75) is 72.0 Å². The molecular weight excluding hydrogens is 446 g/mol. The number of carbonyl (C=O) groups excluding carboxylic acids is 2. The van der Waals surface area contributed by atoms with Gasteiger partial charge in [-0.25, -0.2) is 4.79 Å². The number of aliphatic carboxylic acids is 1. The third-order valence-electron chi connectivity index (χ3n) is 7.85. The first-order valence-corrected chi connectivity index (χ1v) is 12.5. The maximum atomic E-state index is 13.6. The topological polar surface area (TPSA) is 93.1 Å². The lowest BCUT2D eigenvalue weighted by molar-refractivity contribution is -0.173. The molecule has 0 aromatic carbocycles. The van der Waals surface area contributed by atoms with Crippen molar-refractivity contribution in [1.29, 1.82) is 0 Å². The smallest absolute Gasteiger partial charge is 0.331 e. The number of methoxy groups -OCH3 is 1. The van der Waals surface area contributed by atoms with Crippen LogP contribution in [0.15, 0.2) is 47.6 Å². The van der Waals surface area contributed by atoms with Gasteiger partial charge in [0, 0.05) is 49.6 Å². The number of carboxylic acid groups (broad SMARTS) is 1. The second kappa shape index (κ2) is 10.9. The fourth-order valence-electron chi connectivity index (χ4n) is 6.60. The highest BCUT2D eigenvalue weighted by Gasteiger charge is 2.62. The van der Waals surface area contributed by atoms with Crippen LogP contribution in [0.4, 0.5) is 0 Å². The summed E-state index contributed by atoms with van der Waals surface area (Å²) in [6.45, 7) is 9.19. The number of esters is 1. The molecule has 3 rings (SSSR count). The summed E-state index contributed by atoms with van der Waals surface area (Å²) >= 11 is 0. The van der Waals surface area contributed by atoms with Gasteiger partial charge in [-0.1, -0.05) is 57.6 Å². The fraction of sp³-hybridized carbons (Fsp3) is 0.607. The molecule has 3 aliphatic rings. The van der Waals surface area contributed by atoms with Crippen LogP contribution in [0.25, 0.3) is 0 Å². The minimum atomic E-state index is -0.870. The fourth-order valence-corrected chi connectivity index (χ4v) is 6.60. The van der Waals surface area contributed by atoms with E-state index in [1.54, 1.807) is 24.2 Å². The third-order valence-corrected chi connectivity index (χ3v) is 7.85. The van der Waals surface area contributed by atoms with Crippen molar-refractivity contribution in [2.24, 2.45) is 16.7 Å². The Balaban J connectivity index is 1.95. The summed E-state index contributed by atoms with van der Waals surface area (Å²) in [5, 5.41) is 9.02. The summed E-state index contributed by atoms with van der Waals surface area (Å²) in [4.78, 5) is 39.2. The molecular formula is C28H39NO6. The second-order valence-electron chi connectivity index (χ2n) is 10.7. The Morgan fingerprint density at radius 1 is 1.14 bits per heavy atom. The molecule has 0 aromatic rings. The lowest BCUT2D eigenvalue weighted by atomic mass is 9.49. The number of hydrogen-bond donors (Lipinski definition) is 1. The number of hydrogen-bond acceptors (Lipinski definition) is 5. The molecule has 1 saturated carbocycles. The normalized spacial score (nSPS) is 30.4. The molecule has 1 heterocycles. The van der Waals surface area contributed by atoms with Gasteiger partial charge in [0.15, 0.2) is 0 Å². The van der Waals surface area contributed by atoms with E-state index in [1.165, 1.54) is 6.08 Å². The molecule has 1 aliphatic heterocycles. The quantitative estimate of drug-likeness (QED) is 0.295. The summed E-state index contributed by atoms with van der Waals surface area (Å²) in [5.41, 5.74) is 1.04. The summed E-state index contributed by atoms with van der Waals surface area (Å²) in [6, 6.07) is 0. The number of carbonyl (C=O) groups is 3. The zero-order valence-electron chi connectivity index (χ0n) is 21.6. The van der Waals surface area contributed by atoms with Gasteiger partial charge >= 0.3 is 11.9 Å². The zero-order valence-corrected chi connectivity index (χ0v) is 21.6. The molecule has 0 radical (unpaired) electrons. The van der Waals surface area contributed by atoms with E-state index in [4.69, 9.17) is 14.6 Å². The maximum Gasteiger partial charge on any atom is 0.331 e. The largest absolute Gasteiger partial charge is 0.481 e. The van der Waals surface area contributed by atoms with Crippen LogP contribution in [0.1, 0.15) is 59.8 Å². The first kappa shape index (κ1) is 26.9. The van der Waals surface area contributed by atoms with E-state index in [9.17, 15) is 14.4 Å². The van der Waals surface area contributed by atoms with Crippen molar-refractivity contribution >= 4 is 17.8 Å². The Hall–Kier alpha value is -2.67. The molecule has 4 atom stereocenters. The molecule has 1 amide bonds. The van der Waals surface area contributed by atoms with Gasteiger partial charge < -0.3 is 19.5 Å². The Morgan fingerprint density at radius 3 is 2.51 bits per heavy atom. The van der Waals surface area contributed by atoms with E-state index in [1.807, 2.05) is 25.2 Å². The highest BCUT2D eigenvalue weighted by Crippen LogP contribution is 2.61. The van der Waals surface area contributed by atoms with Gasteiger partial charge in [0.25, 0.3) is 5.91 Å². The van der Waals surface area contributed by atoms with Crippen LogP contribution in [0.5, 0.6) is 0 Å². The maximum absolute atomic E-state index is 13.6. The predicted octanol–water partition coefficient (Wildman–Crippen LogP) is 4.45. The summed E-state index contributed by atoms with van der Waals surface area (Å²) in [7, 11) is 1.60. The molecule has 0 saturated heterocycles. The lowest BCUT2D eigenvalue weighted by Crippen LogP contribution is -2.58. The molecule has 7 heteroatoms. The number of allylic oxidation sites excluding steroid dienone is 5. The number of rotatable bonds is 9. The van der Waals surface area contributed by atoms with Crippen molar-refractivity contribution in [3.8, 4) is 0 Å². The monoisotopic (exact) mass is 485 g/mol. The van der Waals surface area contributed by atoms with Crippen LogP contribution < -0.4 is 0 Å². The van der Waals surface area contributed by atoms with Crippen LogP contribution in [0.2, 0.25) is 0 Å². The first-order valence-electron chi connectivity index (χ1n) is 12.5. The minimum Gasteiger partial charge on any atom is -0.481 e. The van der Waals surface area contributed by atoms with Crippen LogP contribution in [0.3, 0.4) is 0 Å². The number of fused-ring (bicyclic) bond motifs is 2. The van der Waals surface area contributed by atoms with E-state index >= 15 is 0 Å². The molecule has 7 nitrogen and oxygen atoms in total. The van der Waals surface area contributed by atoms with Gasteiger partial charge in [-0.3, -0.25) is 9.59 Å². The third kappa shape index (κ3) is 5.45. The highest BCUT2D eigenvalue weighted by atomic mass is 16.6. The average Bonchev–Trinajstić information content (AvgIpc) is 3.10. The first-order chi connectivity index (χ1) is 16.6. The second-order valence-corrected chi connectivity index (χ2v) is 10.7. The number of ether oxygens (including phenoxy) is 2. The molecule has 35 heavy (non-hydrogen) atoms. The zero-order chi connectivity index (χ0) is 25.8. The average molecular weight is 486 g/mol. The molecule has 0 aromatic heterocycles. The standard InChI is InChI=1S/C28H39NO6/c1-6-7-8-9-10-14-21(32)35-24-23(34-5)19-18-29(17-11-13-20(30)31)26(33)22(19)28(4)16-12-15-27(2,3)25(24)28/h6-10,14,23-25H,11-13,15-18H2,1-5H3,(H,30,31)/b7-6+,9-8+,14-10+/t23-,24-,25-,28+/m0/s1. The Kier molecular flexibility index (Phi) is 8.42.